The fourth-order valence-corrected chi connectivity index (χ4v) is 3.10. The quantitative estimate of drug-likeness (QED) is 0.369. The molecule has 7 nitrogen and oxygen atoms in total. The Morgan fingerprint density at radius 2 is 1.87 bits per heavy atom. The predicted octanol–water partition coefficient (Wildman–Crippen LogP) is 4.42. The minimum absolute atomic E-state index is 0.0438. The maximum atomic E-state index is 13.2. The van der Waals surface area contributed by atoms with Crippen LogP contribution in [-0.2, 0) is 26.3 Å². The predicted molar refractivity (Wildman–Crippen MR) is 105 cm³/mol. The smallest absolute Gasteiger partial charge is 0.418 e. The van der Waals surface area contributed by atoms with Gasteiger partial charge in [0.05, 0.1) is 21.9 Å². The number of halogens is 3. The number of nitro benzene ring substituents is 1. The number of non-ortho nitro benzene ring substituents is 1. The fraction of sp³-hybridized carbons (Fsp3) is 0.263. The molecule has 0 saturated carbocycles. The van der Waals surface area contributed by atoms with Crippen LogP contribution in [0.5, 0.6) is 0 Å². The van der Waals surface area contributed by atoms with Crippen LogP contribution >= 0.6 is 11.8 Å². The number of nitrogens with zero attached hydrogens (tertiary/aromatic N) is 1. The van der Waals surface area contributed by atoms with Gasteiger partial charge in [-0.3, -0.25) is 19.7 Å². The highest BCUT2D eigenvalue weighted by atomic mass is 32.2. The summed E-state index contributed by atoms with van der Waals surface area (Å²) in [6.07, 6.45) is -6.28. The van der Waals surface area contributed by atoms with Gasteiger partial charge in [-0.05, 0) is 18.6 Å². The number of esters is 1. The van der Waals surface area contributed by atoms with Crippen molar-refractivity contribution in [2.75, 3.05) is 11.1 Å². The van der Waals surface area contributed by atoms with Gasteiger partial charge in [0.1, 0.15) is 0 Å². The van der Waals surface area contributed by atoms with Crippen molar-refractivity contribution in [2.24, 2.45) is 0 Å². The monoisotopic (exact) mass is 442 g/mol. The van der Waals surface area contributed by atoms with Gasteiger partial charge in [0.15, 0.2) is 6.10 Å². The Labute approximate surface area is 173 Å². The fourth-order valence-electron chi connectivity index (χ4n) is 2.33. The lowest BCUT2D eigenvalue weighted by Gasteiger charge is -2.16. The lowest BCUT2D eigenvalue weighted by molar-refractivity contribution is -0.385. The summed E-state index contributed by atoms with van der Waals surface area (Å²) in [5, 5.41) is 12.7. The van der Waals surface area contributed by atoms with Crippen LogP contribution in [0.1, 0.15) is 18.1 Å². The molecule has 0 radical (unpaired) electrons. The summed E-state index contributed by atoms with van der Waals surface area (Å²) in [4.78, 5) is 33.8. The standard InChI is InChI=1S/C19H17F3N2O5S/c1-12(29-17(25)11-30-10-13-5-3-2-4-6-13)18(26)23-16-8-7-14(24(27)28)9-15(16)19(20,21)22/h2-9,12H,10-11H2,1H3,(H,23,26). The molecular formula is C19H17F3N2O5S. The zero-order chi connectivity index (χ0) is 22.3. The number of anilines is 1. The minimum atomic E-state index is -4.93. The van der Waals surface area contributed by atoms with Crippen molar-refractivity contribution >= 4 is 35.0 Å². The molecule has 0 spiro atoms. The molecule has 0 aliphatic heterocycles. The Balaban J connectivity index is 1.95. The van der Waals surface area contributed by atoms with Gasteiger partial charge in [-0.2, -0.15) is 13.2 Å². The van der Waals surface area contributed by atoms with Crippen LogP contribution in [0.2, 0.25) is 0 Å². The number of amides is 1. The number of nitro groups is 1. The summed E-state index contributed by atoms with van der Waals surface area (Å²) in [6.45, 7) is 1.22. The Hall–Kier alpha value is -3.08. The highest BCUT2D eigenvalue weighted by molar-refractivity contribution is 7.99. The third kappa shape index (κ3) is 6.76. The van der Waals surface area contributed by atoms with Crippen molar-refractivity contribution in [3.05, 3.63) is 69.8 Å². The van der Waals surface area contributed by atoms with Crippen LogP contribution in [0.25, 0.3) is 0 Å². The first-order valence-electron chi connectivity index (χ1n) is 8.55. The average Bonchev–Trinajstić information content (AvgIpc) is 2.68. The molecule has 0 saturated heterocycles. The summed E-state index contributed by atoms with van der Waals surface area (Å²) < 4.78 is 44.5. The summed E-state index contributed by atoms with van der Waals surface area (Å²) in [5.41, 5.74) is -1.81. The van der Waals surface area contributed by atoms with E-state index >= 15 is 0 Å². The molecule has 2 rings (SSSR count). The van der Waals surface area contributed by atoms with Gasteiger partial charge in [-0.1, -0.05) is 30.3 Å². The maximum absolute atomic E-state index is 13.2. The number of thioether (sulfide) groups is 1. The highest BCUT2D eigenvalue weighted by Crippen LogP contribution is 2.37. The molecule has 0 aromatic heterocycles. The Kier molecular flexibility index (Phi) is 7.81. The van der Waals surface area contributed by atoms with Crippen molar-refractivity contribution in [1.29, 1.82) is 0 Å². The molecule has 2 aromatic carbocycles. The van der Waals surface area contributed by atoms with E-state index in [9.17, 15) is 32.9 Å². The van der Waals surface area contributed by atoms with E-state index in [0.717, 1.165) is 17.7 Å². The largest absolute Gasteiger partial charge is 0.452 e. The zero-order valence-corrected chi connectivity index (χ0v) is 16.5. The van der Waals surface area contributed by atoms with Gasteiger partial charge in [-0.25, -0.2) is 0 Å². The molecule has 1 atom stereocenters. The molecule has 0 aliphatic rings. The number of hydrogen-bond acceptors (Lipinski definition) is 6. The molecule has 2 aromatic rings. The van der Waals surface area contributed by atoms with E-state index in [-0.39, 0.29) is 5.75 Å². The third-order valence-electron chi connectivity index (χ3n) is 3.79. The molecule has 0 aliphatic carbocycles. The van der Waals surface area contributed by atoms with Gasteiger partial charge < -0.3 is 10.1 Å². The SMILES string of the molecule is CC(OC(=O)CSCc1ccccc1)C(=O)Nc1ccc([N+](=O)[O-])cc1C(F)(F)F. The van der Waals surface area contributed by atoms with Crippen molar-refractivity contribution in [2.45, 2.75) is 25.0 Å². The number of carbonyl (C=O) groups is 2. The van der Waals surface area contributed by atoms with Crippen molar-refractivity contribution in [1.82, 2.24) is 0 Å². The van der Waals surface area contributed by atoms with Crippen LogP contribution in [0.4, 0.5) is 24.5 Å². The second-order valence-corrected chi connectivity index (χ2v) is 7.07. The van der Waals surface area contributed by atoms with Crippen molar-refractivity contribution < 1.29 is 32.4 Å². The first-order valence-corrected chi connectivity index (χ1v) is 9.71. The minimum Gasteiger partial charge on any atom is -0.452 e. The molecule has 11 heteroatoms. The Bertz CT molecular complexity index is 922. The molecule has 1 amide bonds. The van der Waals surface area contributed by atoms with Crippen LogP contribution in [0, 0.1) is 10.1 Å². The Morgan fingerprint density at radius 3 is 2.47 bits per heavy atom. The molecule has 0 heterocycles. The molecule has 0 bridgehead atoms. The van der Waals surface area contributed by atoms with E-state index < -0.39 is 46.0 Å². The first-order chi connectivity index (χ1) is 14.1. The van der Waals surface area contributed by atoms with E-state index in [4.69, 9.17) is 4.74 Å². The topological polar surface area (TPSA) is 98.5 Å². The van der Waals surface area contributed by atoms with Crippen molar-refractivity contribution in [3.63, 3.8) is 0 Å². The molecule has 160 valence electrons. The second kappa shape index (κ2) is 10.1. The van der Waals surface area contributed by atoms with E-state index in [0.29, 0.717) is 11.8 Å². The molecular weight excluding hydrogens is 425 g/mol. The lowest BCUT2D eigenvalue weighted by Crippen LogP contribution is -2.31. The van der Waals surface area contributed by atoms with E-state index in [1.54, 1.807) is 0 Å². The number of benzene rings is 2. The normalized spacial score (nSPS) is 12.1. The molecule has 1 unspecified atom stereocenters. The van der Waals surface area contributed by atoms with E-state index in [1.165, 1.54) is 18.7 Å². The zero-order valence-electron chi connectivity index (χ0n) is 15.6. The summed E-state index contributed by atoms with van der Waals surface area (Å²) in [6, 6.07) is 11.3. The van der Waals surface area contributed by atoms with Gasteiger partial charge in [0, 0.05) is 17.9 Å². The molecule has 1 N–H and O–H groups in total. The molecule has 30 heavy (non-hydrogen) atoms. The number of hydrogen-bond donors (Lipinski definition) is 1. The maximum Gasteiger partial charge on any atom is 0.418 e. The van der Waals surface area contributed by atoms with Crippen molar-refractivity contribution in [3.8, 4) is 0 Å². The lowest BCUT2D eigenvalue weighted by atomic mass is 10.1. The van der Waals surface area contributed by atoms with E-state index in [1.807, 2.05) is 35.6 Å². The first kappa shape index (κ1) is 23.2. The second-order valence-electron chi connectivity index (χ2n) is 6.08. The van der Waals surface area contributed by atoms with Gasteiger partial charge in [-0.15, -0.1) is 11.8 Å². The number of alkyl halides is 3. The van der Waals surface area contributed by atoms with Gasteiger partial charge in [0.25, 0.3) is 11.6 Å². The van der Waals surface area contributed by atoms with E-state index in [2.05, 4.69) is 0 Å². The van der Waals surface area contributed by atoms with Crippen LogP contribution in [0.15, 0.2) is 48.5 Å². The third-order valence-corrected chi connectivity index (χ3v) is 4.76. The summed E-state index contributed by atoms with van der Waals surface area (Å²) in [5.74, 6) is -1.18. The Morgan fingerprint density at radius 1 is 1.20 bits per heavy atom. The number of carbonyl (C=O) groups excluding carboxylic acids is 2. The highest BCUT2D eigenvalue weighted by Gasteiger charge is 2.36. The molecule has 0 fully saturated rings. The van der Waals surface area contributed by atoms with Crippen LogP contribution in [0.3, 0.4) is 0 Å². The van der Waals surface area contributed by atoms with Gasteiger partial charge in [0.2, 0.25) is 0 Å². The summed E-state index contributed by atoms with van der Waals surface area (Å²) in [7, 11) is 0. The van der Waals surface area contributed by atoms with Crippen LogP contribution < -0.4 is 5.32 Å². The number of nitrogens with one attached hydrogen (secondary N) is 1. The van der Waals surface area contributed by atoms with Gasteiger partial charge >= 0.3 is 12.1 Å². The number of rotatable bonds is 8. The van der Waals surface area contributed by atoms with Crippen LogP contribution in [-0.4, -0.2) is 28.7 Å². The number of ether oxygens (including phenoxy) is 1. The summed E-state index contributed by atoms with van der Waals surface area (Å²) >= 11 is 1.26. The average molecular weight is 442 g/mol.